The van der Waals surface area contributed by atoms with Crippen LogP contribution in [0.3, 0.4) is 0 Å². The lowest BCUT2D eigenvalue weighted by Crippen LogP contribution is -2.49. The van der Waals surface area contributed by atoms with Crippen LogP contribution in [0.15, 0.2) is 42.5 Å². The zero-order chi connectivity index (χ0) is 30.1. The minimum atomic E-state index is -4.81. The molecule has 2 N–H and O–H groups in total. The van der Waals surface area contributed by atoms with Gasteiger partial charge in [-0.05, 0) is 61.7 Å². The molecule has 2 aromatic carbocycles. The Kier molecular flexibility index (Phi) is 8.39. The summed E-state index contributed by atoms with van der Waals surface area (Å²) in [5, 5.41) is 16.5. The van der Waals surface area contributed by atoms with E-state index < -0.39 is 53.5 Å². The van der Waals surface area contributed by atoms with Crippen molar-refractivity contribution in [1.82, 2.24) is 15.1 Å². The summed E-state index contributed by atoms with van der Waals surface area (Å²) >= 11 is 0. The average molecular weight is 581 g/mol. The van der Waals surface area contributed by atoms with Gasteiger partial charge in [0, 0.05) is 42.9 Å². The minimum Gasteiger partial charge on any atom is -0.497 e. The van der Waals surface area contributed by atoms with Crippen molar-refractivity contribution in [2.45, 2.75) is 57.0 Å². The molecule has 0 bridgehead atoms. The lowest BCUT2D eigenvalue weighted by atomic mass is 9.84. The lowest BCUT2D eigenvalue weighted by molar-refractivity contribution is -0.142. The van der Waals surface area contributed by atoms with Gasteiger partial charge in [0.1, 0.15) is 30.0 Å². The number of hydrogen-bond donors (Lipinski definition) is 2. The molecule has 0 saturated heterocycles. The number of amides is 2. The Hall–Kier alpha value is -4.00. The highest BCUT2D eigenvalue weighted by atomic mass is 19.4. The summed E-state index contributed by atoms with van der Waals surface area (Å²) in [6.07, 6.45) is -5.15. The summed E-state index contributed by atoms with van der Waals surface area (Å²) in [7, 11) is 2.92. The quantitative estimate of drug-likeness (QED) is 0.395. The highest BCUT2D eigenvalue weighted by molar-refractivity contribution is 5.99. The Morgan fingerprint density at radius 2 is 1.80 bits per heavy atom. The normalized spacial score (nSPS) is 17.5. The molecule has 1 heterocycles. The van der Waals surface area contributed by atoms with Gasteiger partial charge in [-0.2, -0.15) is 18.3 Å². The number of fused-ring (bicyclic) bond motifs is 1. The largest absolute Gasteiger partial charge is 0.497 e. The molecule has 2 atom stereocenters. The fourth-order valence-electron chi connectivity index (χ4n) is 4.92. The Morgan fingerprint density at radius 3 is 2.39 bits per heavy atom. The second-order valence-corrected chi connectivity index (χ2v) is 10.3. The van der Waals surface area contributed by atoms with Crippen LogP contribution in [-0.2, 0) is 41.6 Å². The molecule has 0 spiro atoms. The van der Waals surface area contributed by atoms with Crippen molar-refractivity contribution in [3.63, 3.8) is 0 Å². The van der Waals surface area contributed by atoms with Crippen LogP contribution in [0, 0.1) is 11.6 Å². The van der Waals surface area contributed by atoms with Crippen molar-refractivity contribution in [1.29, 1.82) is 0 Å². The van der Waals surface area contributed by atoms with Crippen LogP contribution in [-0.4, -0.2) is 52.5 Å². The van der Waals surface area contributed by atoms with Gasteiger partial charge in [0.2, 0.25) is 11.8 Å². The fourth-order valence-corrected chi connectivity index (χ4v) is 4.92. The highest BCUT2D eigenvalue weighted by Crippen LogP contribution is 2.38. The second kappa shape index (κ2) is 11.5. The van der Waals surface area contributed by atoms with Crippen LogP contribution in [0.5, 0.6) is 5.75 Å². The zero-order valence-electron chi connectivity index (χ0n) is 22.6. The van der Waals surface area contributed by atoms with E-state index in [2.05, 4.69) is 10.4 Å². The number of ether oxygens (including phenoxy) is 1. The number of methoxy groups -OCH3 is 1. The van der Waals surface area contributed by atoms with Gasteiger partial charge in [0.25, 0.3) is 0 Å². The van der Waals surface area contributed by atoms with Gasteiger partial charge in [-0.25, -0.2) is 8.78 Å². The first kappa shape index (κ1) is 30.0. The first-order valence-corrected chi connectivity index (χ1v) is 12.7. The third kappa shape index (κ3) is 7.02. The molecule has 1 aliphatic rings. The van der Waals surface area contributed by atoms with Crippen molar-refractivity contribution in [2.24, 2.45) is 0 Å². The van der Waals surface area contributed by atoms with E-state index in [1.54, 1.807) is 24.3 Å². The van der Waals surface area contributed by atoms with Gasteiger partial charge < -0.3 is 20.1 Å². The average Bonchev–Trinajstić information content (AvgIpc) is 3.23. The van der Waals surface area contributed by atoms with Crippen LogP contribution >= 0.6 is 0 Å². The van der Waals surface area contributed by atoms with Crippen LogP contribution in [0.1, 0.15) is 35.9 Å². The molecule has 0 radical (unpaired) electrons. The molecule has 220 valence electrons. The third-order valence-corrected chi connectivity index (χ3v) is 6.97. The molecule has 2 amide bonds. The number of anilines is 1. The molecule has 1 aromatic heterocycles. The summed E-state index contributed by atoms with van der Waals surface area (Å²) in [4.78, 5) is 27.9. The molecule has 4 rings (SSSR count). The second-order valence-electron chi connectivity index (χ2n) is 10.3. The summed E-state index contributed by atoms with van der Waals surface area (Å²) in [5.41, 5.74) is -2.02. The van der Waals surface area contributed by atoms with Crippen molar-refractivity contribution < 1.29 is 41.4 Å². The number of benzene rings is 2. The van der Waals surface area contributed by atoms with Gasteiger partial charge in [-0.1, -0.05) is 0 Å². The maximum Gasteiger partial charge on any atom is 0.435 e. The Morgan fingerprint density at radius 1 is 1.17 bits per heavy atom. The van der Waals surface area contributed by atoms with E-state index in [0.717, 1.165) is 16.8 Å². The van der Waals surface area contributed by atoms with Crippen molar-refractivity contribution >= 4 is 17.5 Å². The smallest absolute Gasteiger partial charge is 0.435 e. The Balaban J connectivity index is 1.61. The molecule has 8 nitrogen and oxygen atoms in total. The first-order chi connectivity index (χ1) is 19.2. The number of nitrogens with one attached hydrogen (secondary N) is 1. The number of hydrogen-bond acceptors (Lipinski definition) is 5. The number of carbonyl (C=O) groups is 2. The van der Waals surface area contributed by atoms with Gasteiger partial charge in [0.05, 0.1) is 12.7 Å². The van der Waals surface area contributed by atoms with E-state index in [4.69, 9.17) is 4.74 Å². The number of carbonyl (C=O) groups excluding carboxylic acids is 2. The monoisotopic (exact) mass is 580 g/mol. The van der Waals surface area contributed by atoms with E-state index >= 15 is 0 Å². The van der Waals surface area contributed by atoms with Crippen LogP contribution < -0.4 is 15.0 Å². The first-order valence-electron chi connectivity index (χ1n) is 12.7. The predicted molar refractivity (Wildman–Crippen MR) is 138 cm³/mol. The SMILES string of the molecule is COc1ccc(N(C)C(=O)[C@H](Cc2cc(F)cc(F)c2)NC(=O)Cn2nc(C(F)(F)F)c3c2CCC(C)(O)C3)cc1. The number of aliphatic hydroxyl groups is 1. The molecular weight excluding hydrogens is 551 g/mol. The van der Waals surface area contributed by atoms with Gasteiger partial charge in [-0.3, -0.25) is 14.3 Å². The third-order valence-electron chi connectivity index (χ3n) is 6.97. The van der Waals surface area contributed by atoms with Gasteiger partial charge in [0.15, 0.2) is 5.69 Å². The van der Waals surface area contributed by atoms with Crippen molar-refractivity contribution in [3.8, 4) is 5.75 Å². The topological polar surface area (TPSA) is 96.7 Å². The highest BCUT2D eigenvalue weighted by Gasteiger charge is 2.43. The molecule has 3 aromatic rings. The molecule has 0 aliphatic heterocycles. The Labute approximate surface area is 232 Å². The van der Waals surface area contributed by atoms with Crippen LogP contribution in [0.25, 0.3) is 0 Å². The standard InChI is InChI=1S/C28H29F5N4O4/c1-27(40)9-8-23-21(14-27)25(28(31,32)33)35-37(23)15-24(38)34-22(12-16-10-17(29)13-18(30)11-16)26(39)36(2)19-4-6-20(41-3)7-5-19/h4-7,10-11,13,22,40H,8-9,12,14-15H2,1-3H3,(H,34,38)/t22-,27?/m0/s1. The van der Waals surface area contributed by atoms with Crippen molar-refractivity contribution in [3.05, 3.63) is 76.6 Å². The molecule has 1 aliphatic carbocycles. The number of nitrogens with zero attached hydrogens (tertiary/aromatic N) is 3. The molecule has 0 fully saturated rings. The minimum absolute atomic E-state index is 0.0594. The van der Waals surface area contributed by atoms with E-state index in [-0.39, 0.29) is 42.5 Å². The molecule has 0 saturated carbocycles. The van der Waals surface area contributed by atoms with Gasteiger partial charge in [-0.15, -0.1) is 0 Å². The number of likely N-dealkylation sites (N-methyl/N-ethyl adjacent to an activating group) is 1. The van der Waals surface area contributed by atoms with Crippen molar-refractivity contribution in [2.75, 3.05) is 19.1 Å². The maximum atomic E-state index is 13.9. The molecular formula is C28H29F5N4O4. The number of alkyl halides is 3. The maximum absolute atomic E-state index is 13.9. The summed E-state index contributed by atoms with van der Waals surface area (Å²) in [6.45, 7) is 0.791. The van der Waals surface area contributed by atoms with E-state index in [0.29, 0.717) is 17.5 Å². The lowest BCUT2D eigenvalue weighted by Gasteiger charge is -2.29. The number of rotatable bonds is 8. The molecule has 13 heteroatoms. The number of halogens is 5. The Bertz CT molecular complexity index is 1420. The van der Waals surface area contributed by atoms with Crippen LogP contribution in [0.2, 0.25) is 0 Å². The number of aromatic nitrogens is 2. The van der Waals surface area contributed by atoms with Gasteiger partial charge >= 0.3 is 6.18 Å². The fraction of sp³-hybridized carbons (Fsp3) is 0.393. The van der Waals surface area contributed by atoms with Crippen LogP contribution in [0.4, 0.5) is 27.6 Å². The van der Waals surface area contributed by atoms with E-state index in [9.17, 15) is 36.6 Å². The molecule has 1 unspecified atom stereocenters. The summed E-state index contributed by atoms with van der Waals surface area (Å²) < 4.78 is 75.0. The predicted octanol–water partition coefficient (Wildman–Crippen LogP) is 3.82. The van der Waals surface area contributed by atoms with E-state index in [1.165, 1.54) is 26.0 Å². The summed E-state index contributed by atoms with van der Waals surface area (Å²) in [6, 6.07) is 7.81. The van der Waals surface area contributed by atoms with E-state index in [1.807, 2.05) is 0 Å². The molecule has 41 heavy (non-hydrogen) atoms. The summed E-state index contributed by atoms with van der Waals surface area (Å²) in [5.74, 6) is -2.68. The zero-order valence-corrected chi connectivity index (χ0v) is 22.6.